The van der Waals surface area contributed by atoms with Crippen LogP contribution >= 0.6 is 11.3 Å². The van der Waals surface area contributed by atoms with Crippen molar-refractivity contribution in [1.82, 2.24) is 15.6 Å². The Kier molecular flexibility index (Phi) is 4.58. The second-order valence-corrected chi connectivity index (χ2v) is 6.30. The number of hydrogen-bond acceptors (Lipinski definition) is 4. The van der Waals surface area contributed by atoms with Gasteiger partial charge in [0.05, 0.1) is 23.4 Å². The largest absolute Gasteiger partial charge is 0.493 e. The molecule has 0 saturated heterocycles. The average molecular weight is 317 g/mol. The zero-order valence-electron chi connectivity index (χ0n) is 12.5. The Morgan fingerprint density at radius 3 is 3.14 bits per heavy atom. The monoisotopic (exact) mass is 317 g/mol. The molecule has 1 atom stereocenters. The second-order valence-electron chi connectivity index (χ2n) is 5.24. The highest BCUT2D eigenvalue weighted by Gasteiger charge is 2.22. The van der Waals surface area contributed by atoms with E-state index < -0.39 is 0 Å². The maximum Gasteiger partial charge on any atom is 0.315 e. The van der Waals surface area contributed by atoms with Crippen LogP contribution in [0.2, 0.25) is 0 Å². The van der Waals surface area contributed by atoms with Gasteiger partial charge in [-0.05, 0) is 13.0 Å². The van der Waals surface area contributed by atoms with Gasteiger partial charge in [-0.2, -0.15) is 0 Å². The number of nitrogens with zero attached hydrogens (tertiary/aromatic N) is 1. The molecule has 2 amide bonds. The van der Waals surface area contributed by atoms with E-state index in [1.54, 1.807) is 11.3 Å². The highest BCUT2D eigenvalue weighted by Crippen LogP contribution is 2.31. The summed E-state index contributed by atoms with van der Waals surface area (Å²) in [5.41, 5.74) is 2.07. The van der Waals surface area contributed by atoms with Crippen molar-refractivity contribution < 1.29 is 9.53 Å². The molecule has 0 unspecified atom stereocenters. The van der Waals surface area contributed by atoms with E-state index in [2.05, 4.69) is 15.6 Å². The maximum atomic E-state index is 12.0. The van der Waals surface area contributed by atoms with Gasteiger partial charge in [0.25, 0.3) is 0 Å². The first-order valence-electron chi connectivity index (χ1n) is 7.39. The predicted molar refractivity (Wildman–Crippen MR) is 86.4 cm³/mol. The van der Waals surface area contributed by atoms with Crippen molar-refractivity contribution in [2.75, 3.05) is 13.2 Å². The highest BCUT2D eigenvalue weighted by atomic mass is 32.1. The number of rotatable bonds is 4. The summed E-state index contributed by atoms with van der Waals surface area (Å²) in [4.78, 5) is 16.4. The van der Waals surface area contributed by atoms with Gasteiger partial charge in [-0.3, -0.25) is 0 Å². The van der Waals surface area contributed by atoms with Gasteiger partial charge in [-0.1, -0.05) is 18.2 Å². The number of para-hydroxylation sites is 1. The average Bonchev–Trinajstić information content (AvgIpc) is 2.93. The molecule has 5 nitrogen and oxygen atoms in total. The van der Waals surface area contributed by atoms with E-state index in [4.69, 9.17) is 4.74 Å². The number of ether oxygens (including phenoxy) is 1. The van der Waals surface area contributed by atoms with Crippen LogP contribution in [0.3, 0.4) is 0 Å². The minimum absolute atomic E-state index is 0.00599. The minimum Gasteiger partial charge on any atom is -0.493 e. The summed E-state index contributed by atoms with van der Waals surface area (Å²) in [6.07, 6.45) is 1.54. The maximum absolute atomic E-state index is 12.0. The quantitative estimate of drug-likeness (QED) is 0.911. The molecular weight excluding hydrogens is 298 g/mol. The van der Waals surface area contributed by atoms with Crippen molar-refractivity contribution >= 4 is 17.4 Å². The first-order chi connectivity index (χ1) is 10.7. The molecule has 3 rings (SSSR count). The molecule has 22 heavy (non-hydrogen) atoms. The summed E-state index contributed by atoms with van der Waals surface area (Å²) in [7, 11) is 0. The van der Waals surface area contributed by atoms with Crippen LogP contribution in [0.15, 0.2) is 29.6 Å². The third kappa shape index (κ3) is 3.57. The van der Waals surface area contributed by atoms with Gasteiger partial charge in [0.1, 0.15) is 5.75 Å². The molecule has 0 radical (unpaired) electrons. The number of amides is 2. The zero-order valence-corrected chi connectivity index (χ0v) is 13.3. The molecule has 1 aromatic carbocycles. The molecule has 0 bridgehead atoms. The Bertz CT molecular complexity index is 656. The van der Waals surface area contributed by atoms with Gasteiger partial charge in [-0.25, -0.2) is 9.78 Å². The lowest BCUT2D eigenvalue weighted by Crippen LogP contribution is -2.40. The smallest absolute Gasteiger partial charge is 0.315 e. The number of aryl methyl sites for hydroxylation is 1. The number of urea groups is 1. The third-order valence-electron chi connectivity index (χ3n) is 3.60. The molecular formula is C16H19N3O2S. The van der Waals surface area contributed by atoms with E-state index in [-0.39, 0.29) is 12.1 Å². The van der Waals surface area contributed by atoms with Crippen LogP contribution < -0.4 is 15.4 Å². The molecule has 2 N–H and O–H groups in total. The minimum atomic E-state index is -0.145. The SMILES string of the molecule is Cc1nc(CCNC(=O)N[C@H]2CCOc3ccccc32)cs1. The van der Waals surface area contributed by atoms with Gasteiger partial charge in [0, 0.05) is 30.3 Å². The van der Waals surface area contributed by atoms with E-state index >= 15 is 0 Å². The van der Waals surface area contributed by atoms with Crippen molar-refractivity contribution in [3.05, 3.63) is 45.9 Å². The molecule has 0 fully saturated rings. The van der Waals surface area contributed by atoms with Crippen molar-refractivity contribution in [1.29, 1.82) is 0 Å². The molecule has 0 aliphatic carbocycles. The molecule has 6 heteroatoms. The number of carbonyl (C=O) groups excluding carboxylic acids is 1. The second kappa shape index (κ2) is 6.79. The number of aromatic nitrogens is 1. The molecule has 0 spiro atoms. The molecule has 0 saturated carbocycles. The molecule has 1 aliphatic heterocycles. The Morgan fingerprint density at radius 2 is 2.32 bits per heavy atom. The molecule has 1 aliphatic rings. The van der Waals surface area contributed by atoms with Gasteiger partial charge >= 0.3 is 6.03 Å². The predicted octanol–water partition coefficient (Wildman–Crippen LogP) is 2.82. The fourth-order valence-electron chi connectivity index (χ4n) is 2.53. The van der Waals surface area contributed by atoms with Crippen LogP contribution in [0, 0.1) is 6.92 Å². The van der Waals surface area contributed by atoms with Crippen molar-refractivity contribution in [3.8, 4) is 5.75 Å². The van der Waals surface area contributed by atoms with Crippen LogP contribution in [0.25, 0.3) is 0 Å². The summed E-state index contributed by atoms with van der Waals surface area (Å²) in [5, 5.41) is 9.00. The summed E-state index contributed by atoms with van der Waals surface area (Å²) >= 11 is 1.63. The topological polar surface area (TPSA) is 63.2 Å². The third-order valence-corrected chi connectivity index (χ3v) is 4.42. The molecule has 2 aromatic rings. The summed E-state index contributed by atoms with van der Waals surface area (Å²) in [6.45, 7) is 3.19. The standard InChI is InChI=1S/C16H19N3O2S/c1-11-18-12(10-22-11)6-8-17-16(20)19-14-7-9-21-15-5-3-2-4-13(14)15/h2-5,10,14H,6-9H2,1H3,(H2,17,19,20)/t14-/m0/s1. The van der Waals surface area contributed by atoms with E-state index in [0.29, 0.717) is 13.2 Å². The van der Waals surface area contributed by atoms with Crippen LogP contribution in [0.5, 0.6) is 5.75 Å². The highest BCUT2D eigenvalue weighted by molar-refractivity contribution is 7.09. The Morgan fingerprint density at radius 1 is 1.45 bits per heavy atom. The Balaban J connectivity index is 1.50. The molecule has 2 heterocycles. The first-order valence-corrected chi connectivity index (χ1v) is 8.27. The van der Waals surface area contributed by atoms with Gasteiger partial charge in [-0.15, -0.1) is 11.3 Å². The van der Waals surface area contributed by atoms with E-state index in [1.165, 1.54) is 0 Å². The van der Waals surface area contributed by atoms with Gasteiger partial charge in [0.15, 0.2) is 0 Å². The fourth-order valence-corrected chi connectivity index (χ4v) is 3.18. The number of thiazole rings is 1. The van der Waals surface area contributed by atoms with Crippen LogP contribution in [-0.2, 0) is 6.42 Å². The summed E-state index contributed by atoms with van der Waals surface area (Å²) in [6, 6.07) is 7.70. The lowest BCUT2D eigenvalue weighted by molar-refractivity contribution is 0.223. The summed E-state index contributed by atoms with van der Waals surface area (Å²) in [5.74, 6) is 0.858. The number of carbonyl (C=O) groups is 1. The van der Waals surface area contributed by atoms with Crippen molar-refractivity contribution in [2.45, 2.75) is 25.8 Å². The number of benzene rings is 1. The van der Waals surface area contributed by atoms with E-state index in [1.807, 2.05) is 36.6 Å². The van der Waals surface area contributed by atoms with Crippen LogP contribution in [0.4, 0.5) is 4.79 Å². The van der Waals surface area contributed by atoms with Gasteiger partial charge < -0.3 is 15.4 Å². The zero-order chi connectivity index (χ0) is 15.4. The number of fused-ring (bicyclic) bond motifs is 1. The molecule has 1 aromatic heterocycles. The normalized spacial score (nSPS) is 16.5. The number of hydrogen-bond donors (Lipinski definition) is 2. The van der Waals surface area contributed by atoms with E-state index in [0.717, 1.165) is 34.9 Å². The van der Waals surface area contributed by atoms with Crippen LogP contribution in [-0.4, -0.2) is 24.2 Å². The van der Waals surface area contributed by atoms with Crippen molar-refractivity contribution in [2.24, 2.45) is 0 Å². The van der Waals surface area contributed by atoms with Gasteiger partial charge in [0.2, 0.25) is 0 Å². The van der Waals surface area contributed by atoms with Crippen LogP contribution in [0.1, 0.15) is 28.7 Å². The lowest BCUT2D eigenvalue weighted by Gasteiger charge is -2.26. The Hall–Kier alpha value is -2.08. The lowest BCUT2D eigenvalue weighted by atomic mass is 10.0. The fraction of sp³-hybridized carbons (Fsp3) is 0.375. The number of nitrogens with one attached hydrogen (secondary N) is 2. The Labute approximate surface area is 133 Å². The van der Waals surface area contributed by atoms with E-state index in [9.17, 15) is 4.79 Å². The first kappa shape index (κ1) is 14.8. The van der Waals surface area contributed by atoms with Crippen molar-refractivity contribution in [3.63, 3.8) is 0 Å². The summed E-state index contributed by atoms with van der Waals surface area (Å²) < 4.78 is 5.60. The molecule has 116 valence electrons.